The maximum Gasteiger partial charge on any atom is 0.256 e. The molecule has 2 heterocycles. The molecular formula is C10H3IN4OS. The summed E-state index contributed by atoms with van der Waals surface area (Å²) in [5, 5.41) is 35.9. The summed E-state index contributed by atoms with van der Waals surface area (Å²) in [5.74, 6) is -0.548. The van der Waals surface area contributed by atoms with Crippen LogP contribution in [0.2, 0.25) is 0 Å². The van der Waals surface area contributed by atoms with Crippen LogP contribution in [0.4, 0.5) is 0 Å². The number of halogens is 1. The molecule has 0 N–H and O–H groups in total. The molecule has 0 unspecified atom stereocenters. The zero-order chi connectivity index (χ0) is 12.7. The minimum absolute atomic E-state index is 0.524. The maximum absolute atomic E-state index is 9.12. The SMILES string of the molecule is N#CC1(C#N)OC(C#N)(C#N)[C@@H]2SC(I)=C[C@H]21. The van der Waals surface area contributed by atoms with Gasteiger partial charge in [0.1, 0.15) is 24.3 Å². The number of rotatable bonds is 0. The van der Waals surface area contributed by atoms with E-state index in [0.29, 0.717) is 0 Å². The molecule has 1 saturated heterocycles. The van der Waals surface area contributed by atoms with Crippen molar-refractivity contribution in [3.63, 3.8) is 0 Å². The van der Waals surface area contributed by atoms with Gasteiger partial charge in [0.15, 0.2) is 0 Å². The van der Waals surface area contributed by atoms with Crippen LogP contribution in [0.5, 0.6) is 0 Å². The molecule has 0 aromatic heterocycles. The lowest BCUT2D eigenvalue weighted by Crippen LogP contribution is -2.35. The third kappa shape index (κ3) is 1.44. The number of hydrogen-bond donors (Lipinski definition) is 0. The topological polar surface area (TPSA) is 104 Å². The Labute approximate surface area is 115 Å². The predicted octanol–water partition coefficient (Wildman–Crippen LogP) is 1.60. The molecule has 1 fully saturated rings. The first-order valence-corrected chi connectivity index (χ1v) is 6.42. The molecule has 7 heteroatoms. The van der Waals surface area contributed by atoms with Gasteiger partial charge >= 0.3 is 0 Å². The van der Waals surface area contributed by atoms with Crippen LogP contribution in [0.3, 0.4) is 0 Å². The van der Waals surface area contributed by atoms with Gasteiger partial charge in [0, 0.05) is 2.91 Å². The molecular weight excluding hydrogens is 351 g/mol. The first-order chi connectivity index (χ1) is 8.07. The monoisotopic (exact) mass is 354 g/mol. The molecule has 82 valence electrons. The van der Waals surface area contributed by atoms with E-state index in [1.165, 1.54) is 11.8 Å². The van der Waals surface area contributed by atoms with Gasteiger partial charge in [0.05, 0.1) is 11.2 Å². The lowest BCUT2D eigenvalue weighted by Gasteiger charge is -2.17. The van der Waals surface area contributed by atoms with Gasteiger partial charge in [-0.2, -0.15) is 21.0 Å². The smallest absolute Gasteiger partial charge is 0.256 e. The highest BCUT2D eigenvalue weighted by atomic mass is 127. The lowest BCUT2D eigenvalue weighted by atomic mass is 9.86. The summed E-state index contributed by atoms with van der Waals surface area (Å²) >= 11 is 3.35. The van der Waals surface area contributed by atoms with E-state index in [1.807, 2.05) is 22.6 Å². The molecule has 2 atom stereocenters. The molecule has 5 nitrogen and oxygen atoms in total. The van der Waals surface area contributed by atoms with E-state index in [2.05, 4.69) is 0 Å². The minimum atomic E-state index is -1.74. The minimum Gasteiger partial charge on any atom is -0.311 e. The summed E-state index contributed by atoms with van der Waals surface area (Å²) in [5.41, 5.74) is -3.47. The Morgan fingerprint density at radius 1 is 1.12 bits per heavy atom. The van der Waals surface area contributed by atoms with Crippen molar-refractivity contribution in [1.82, 2.24) is 0 Å². The van der Waals surface area contributed by atoms with Crippen LogP contribution in [0, 0.1) is 51.2 Å². The van der Waals surface area contributed by atoms with Crippen molar-refractivity contribution in [1.29, 1.82) is 21.0 Å². The standard InChI is InChI=1S/C10H3IN4OS/c11-7-1-6-8(17-7)10(4-14,5-15)16-9(6,2-12)3-13/h1,6,8H/t6-,8-/m1/s1. The Bertz CT molecular complexity index is 545. The molecule has 2 aliphatic rings. The first kappa shape index (κ1) is 12.2. The fourth-order valence-corrected chi connectivity index (χ4v) is 4.34. The number of ether oxygens (including phenoxy) is 1. The van der Waals surface area contributed by atoms with E-state index in [-0.39, 0.29) is 0 Å². The van der Waals surface area contributed by atoms with Crippen molar-refractivity contribution in [3.05, 3.63) is 8.99 Å². The van der Waals surface area contributed by atoms with Gasteiger partial charge in [0.25, 0.3) is 11.2 Å². The normalized spacial score (nSPS) is 31.2. The Balaban J connectivity index is 2.60. The van der Waals surface area contributed by atoms with Crippen LogP contribution in [0.15, 0.2) is 8.99 Å². The second-order valence-electron chi connectivity index (χ2n) is 3.56. The molecule has 0 amide bonds. The Hall–Kier alpha value is -1.26. The van der Waals surface area contributed by atoms with E-state index in [9.17, 15) is 0 Å². The molecule has 0 radical (unpaired) electrons. The summed E-state index contributed by atoms with van der Waals surface area (Å²) < 4.78 is 6.10. The van der Waals surface area contributed by atoms with Gasteiger partial charge in [0.2, 0.25) is 0 Å². The summed E-state index contributed by atoms with van der Waals surface area (Å²) in [4.78, 5) is 0. The van der Waals surface area contributed by atoms with Crippen molar-refractivity contribution in [2.24, 2.45) is 5.92 Å². The van der Waals surface area contributed by atoms with Gasteiger partial charge in [-0.05, 0) is 22.6 Å². The van der Waals surface area contributed by atoms with Crippen LogP contribution in [0.25, 0.3) is 0 Å². The van der Waals surface area contributed by atoms with Gasteiger partial charge in [-0.3, -0.25) is 0 Å². The number of fused-ring (bicyclic) bond motifs is 1. The second kappa shape index (κ2) is 3.89. The molecule has 0 aromatic rings. The Morgan fingerprint density at radius 2 is 1.65 bits per heavy atom. The second-order valence-corrected chi connectivity index (χ2v) is 6.63. The van der Waals surface area contributed by atoms with Crippen molar-refractivity contribution in [2.45, 2.75) is 16.5 Å². The van der Waals surface area contributed by atoms with E-state index in [1.54, 1.807) is 30.4 Å². The molecule has 0 saturated carbocycles. The van der Waals surface area contributed by atoms with Crippen LogP contribution < -0.4 is 0 Å². The average Bonchev–Trinajstić information content (AvgIpc) is 2.85. The van der Waals surface area contributed by atoms with Crippen LogP contribution in [0.1, 0.15) is 0 Å². The maximum atomic E-state index is 9.12. The lowest BCUT2D eigenvalue weighted by molar-refractivity contribution is 0.0155. The van der Waals surface area contributed by atoms with Crippen molar-refractivity contribution < 1.29 is 4.74 Å². The molecule has 0 spiro atoms. The van der Waals surface area contributed by atoms with Gasteiger partial charge in [-0.1, -0.05) is 6.08 Å². The highest BCUT2D eigenvalue weighted by molar-refractivity contribution is 14.1. The van der Waals surface area contributed by atoms with Crippen LogP contribution in [-0.2, 0) is 4.74 Å². The fraction of sp³-hybridized carbons (Fsp3) is 0.400. The van der Waals surface area contributed by atoms with E-state index in [4.69, 9.17) is 25.8 Å². The largest absolute Gasteiger partial charge is 0.311 e. The molecule has 0 aromatic carbocycles. The van der Waals surface area contributed by atoms with Gasteiger partial charge in [-0.25, -0.2) is 0 Å². The number of thioether (sulfide) groups is 1. The summed E-state index contributed by atoms with van der Waals surface area (Å²) in [7, 11) is 0. The molecule has 2 rings (SSSR count). The third-order valence-electron chi connectivity index (χ3n) is 2.73. The highest BCUT2D eigenvalue weighted by Crippen LogP contribution is 2.56. The molecule has 0 bridgehead atoms. The third-order valence-corrected chi connectivity index (χ3v) is 5.10. The zero-order valence-electron chi connectivity index (χ0n) is 8.22. The van der Waals surface area contributed by atoms with E-state index >= 15 is 0 Å². The van der Waals surface area contributed by atoms with E-state index in [0.717, 1.165) is 2.91 Å². The van der Waals surface area contributed by atoms with Crippen LogP contribution in [-0.4, -0.2) is 16.5 Å². The molecule has 17 heavy (non-hydrogen) atoms. The average molecular weight is 354 g/mol. The van der Waals surface area contributed by atoms with Gasteiger partial charge in [-0.15, -0.1) is 11.8 Å². The molecule has 2 aliphatic heterocycles. The van der Waals surface area contributed by atoms with Crippen molar-refractivity contribution in [2.75, 3.05) is 0 Å². The molecule has 0 aliphatic carbocycles. The highest BCUT2D eigenvalue weighted by Gasteiger charge is 2.66. The zero-order valence-corrected chi connectivity index (χ0v) is 11.2. The quantitative estimate of drug-likeness (QED) is 0.612. The number of nitriles is 4. The van der Waals surface area contributed by atoms with Crippen molar-refractivity contribution in [3.8, 4) is 24.3 Å². The number of hydrogen-bond acceptors (Lipinski definition) is 6. The fourth-order valence-electron chi connectivity index (χ4n) is 1.93. The van der Waals surface area contributed by atoms with Crippen LogP contribution >= 0.6 is 34.4 Å². The Kier molecular flexibility index (Phi) is 2.79. The Morgan fingerprint density at radius 3 is 2.12 bits per heavy atom. The summed E-state index contributed by atoms with van der Waals surface area (Å²) in [6, 6.07) is 7.19. The summed E-state index contributed by atoms with van der Waals surface area (Å²) in [6.45, 7) is 0. The van der Waals surface area contributed by atoms with Gasteiger partial charge < -0.3 is 4.74 Å². The number of nitrogens with zero attached hydrogens (tertiary/aromatic N) is 4. The summed E-state index contributed by atoms with van der Waals surface area (Å²) in [6.07, 6.45) is 1.72. The first-order valence-electron chi connectivity index (χ1n) is 4.46. The predicted molar refractivity (Wildman–Crippen MR) is 66.0 cm³/mol. The van der Waals surface area contributed by atoms with E-state index < -0.39 is 22.4 Å². The van der Waals surface area contributed by atoms with Crippen molar-refractivity contribution >= 4 is 34.4 Å².